The maximum Gasteiger partial charge on any atom is 0.306 e. The van der Waals surface area contributed by atoms with Crippen LogP contribution in [-0.2, 0) is 28.6 Å². The van der Waals surface area contributed by atoms with Crippen LogP contribution in [0.5, 0.6) is 0 Å². The summed E-state index contributed by atoms with van der Waals surface area (Å²) in [7, 11) is 0. The minimum Gasteiger partial charge on any atom is -0.462 e. The average Bonchev–Trinajstić information content (AvgIpc) is 3.43. The predicted molar refractivity (Wildman–Crippen MR) is 335 cm³/mol. The van der Waals surface area contributed by atoms with E-state index in [1.165, 1.54) is 308 Å². The molecular weight excluding hydrogens is 949 g/mol. The van der Waals surface area contributed by atoms with Crippen molar-refractivity contribution in [3.05, 3.63) is 12.2 Å². The van der Waals surface area contributed by atoms with Crippen molar-refractivity contribution in [2.24, 2.45) is 0 Å². The highest BCUT2D eigenvalue weighted by Crippen LogP contribution is 2.19. The van der Waals surface area contributed by atoms with E-state index >= 15 is 0 Å². The Hall–Kier alpha value is -1.85. The van der Waals surface area contributed by atoms with E-state index in [-0.39, 0.29) is 31.1 Å². The summed E-state index contributed by atoms with van der Waals surface area (Å²) in [5.41, 5.74) is 0. The molecule has 0 heterocycles. The van der Waals surface area contributed by atoms with Crippen LogP contribution < -0.4 is 0 Å². The minimum atomic E-state index is -0.768. The first-order chi connectivity index (χ1) is 38.0. The zero-order valence-corrected chi connectivity index (χ0v) is 52.5. The summed E-state index contributed by atoms with van der Waals surface area (Å²) >= 11 is 0. The van der Waals surface area contributed by atoms with E-state index in [1.54, 1.807) is 0 Å². The summed E-state index contributed by atoms with van der Waals surface area (Å²) < 4.78 is 17.0. The molecule has 0 bridgehead atoms. The van der Waals surface area contributed by atoms with E-state index < -0.39 is 6.10 Å². The predicted octanol–water partition coefficient (Wildman–Crippen LogP) is 24.0. The largest absolute Gasteiger partial charge is 0.462 e. The molecule has 0 aliphatic carbocycles. The van der Waals surface area contributed by atoms with Gasteiger partial charge in [0.1, 0.15) is 13.2 Å². The third-order valence-electron chi connectivity index (χ3n) is 16.3. The van der Waals surface area contributed by atoms with Crippen molar-refractivity contribution in [3.63, 3.8) is 0 Å². The Morgan fingerprint density at radius 2 is 0.429 bits per heavy atom. The Morgan fingerprint density at radius 3 is 0.649 bits per heavy atom. The molecule has 456 valence electrons. The van der Waals surface area contributed by atoms with Crippen LogP contribution in [-0.4, -0.2) is 37.2 Å². The molecule has 0 aliphatic heterocycles. The first kappa shape index (κ1) is 75.2. The van der Waals surface area contributed by atoms with Crippen LogP contribution >= 0.6 is 0 Å². The topological polar surface area (TPSA) is 78.9 Å². The second-order valence-electron chi connectivity index (χ2n) is 24.2. The normalized spacial score (nSPS) is 12.0. The molecule has 0 aromatic rings. The van der Waals surface area contributed by atoms with E-state index in [0.29, 0.717) is 19.3 Å². The van der Waals surface area contributed by atoms with Crippen LogP contribution in [0.25, 0.3) is 0 Å². The van der Waals surface area contributed by atoms with Crippen molar-refractivity contribution in [2.75, 3.05) is 13.2 Å². The lowest BCUT2D eigenvalue weighted by molar-refractivity contribution is -0.167. The molecule has 0 saturated heterocycles. The molecule has 6 nitrogen and oxygen atoms in total. The molecule has 0 amide bonds. The Balaban J connectivity index is 4.19. The molecule has 0 rings (SSSR count). The maximum atomic E-state index is 12.9. The van der Waals surface area contributed by atoms with Gasteiger partial charge in [0.05, 0.1) is 0 Å². The highest BCUT2D eigenvalue weighted by Gasteiger charge is 2.19. The third kappa shape index (κ3) is 64.9. The van der Waals surface area contributed by atoms with Gasteiger partial charge in [-0.25, -0.2) is 0 Å². The lowest BCUT2D eigenvalue weighted by atomic mass is 10.0. The van der Waals surface area contributed by atoms with Crippen molar-refractivity contribution in [1.82, 2.24) is 0 Å². The van der Waals surface area contributed by atoms with Crippen molar-refractivity contribution < 1.29 is 28.6 Å². The number of esters is 3. The Labute approximate surface area is 481 Å². The van der Waals surface area contributed by atoms with E-state index in [4.69, 9.17) is 14.2 Å². The van der Waals surface area contributed by atoms with Gasteiger partial charge in [0, 0.05) is 19.3 Å². The molecule has 6 heteroatoms. The smallest absolute Gasteiger partial charge is 0.306 e. The SMILES string of the molecule is CCCCCCCCC/C=C\CCCCCCCCCC(=O)OC(COC(=O)CCCCCCCCCCCCCCCC)COC(=O)CCCCCCCCCCCCCCCCCCCCCCCCCCCCC. The molecule has 1 atom stereocenters. The zero-order valence-electron chi connectivity index (χ0n) is 52.5. The number of unbranched alkanes of at least 4 members (excludes halogenated alkanes) is 53. The number of hydrogen-bond donors (Lipinski definition) is 0. The van der Waals surface area contributed by atoms with Gasteiger partial charge in [-0.2, -0.15) is 0 Å². The van der Waals surface area contributed by atoms with E-state index in [2.05, 4.69) is 32.9 Å². The lowest BCUT2D eigenvalue weighted by Gasteiger charge is -2.18. The fourth-order valence-corrected chi connectivity index (χ4v) is 11.0. The molecule has 0 fully saturated rings. The number of carbonyl (C=O) groups is 3. The van der Waals surface area contributed by atoms with Crippen LogP contribution in [0.3, 0.4) is 0 Å². The van der Waals surface area contributed by atoms with Gasteiger partial charge >= 0.3 is 17.9 Å². The van der Waals surface area contributed by atoms with Gasteiger partial charge in [-0.3, -0.25) is 14.4 Å². The second kappa shape index (κ2) is 66.7. The van der Waals surface area contributed by atoms with Crippen LogP contribution in [0, 0.1) is 0 Å². The zero-order chi connectivity index (χ0) is 55.7. The van der Waals surface area contributed by atoms with Gasteiger partial charge in [-0.1, -0.05) is 354 Å². The minimum absolute atomic E-state index is 0.0649. The lowest BCUT2D eigenvalue weighted by Crippen LogP contribution is -2.30. The highest BCUT2D eigenvalue weighted by atomic mass is 16.6. The standard InChI is InChI=1S/C71H136O6/c1-4-7-10-13-16-19-22-25-28-30-32-33-34-35-36-37-38-39-40-42-43-46-49-52-55-58-61-64-70(73)76-67-68(66-75-69(72)63-60-57-54-51-48-45-27-24-21-18-15-12-9-6-3)77-71(74)65-62-59-56-53-50-47-44-41-31-29-26-23-20-17-14-11-8-5-2/h29,31,68H,4-28,30,32-67H2,1-3H3/b31-29-. The monoisotopic (exact) mass is 1090 g/mol. The maximum absolute atomic E-state index is 12.9. The molecule has 0 aromatic heterocycles. The fraction of sp³-hybridized carbons (Fsp3) is 0.930. The van der Waals surface area contributed by atoms with Gasteiger partial charge in [0.15, 0.2) is 6.10 Å². The molecule has 0 saturated carbocycles. The summed E-state index contributed by atoms with van der Waals surface area (Å²) in [6.07, 6.45) is 79.6. The second-order valence-corrected chi connectivity index (χ2v) is 24.2. The molecule has 1 unspecified atom stereocenters. The van der Waals surface area contributed by atoms with Gasteiger partial charge < -0.3 is 14.2 Å². The molecule has 0 aromatic carbocycles. The van der Waals surface area contributed by atoms with Gasteiger partial charge in [0.25, 0.3) is 0 Å². The van der Waals surface area contributed by atoms with E-state index in [9.17, 15) is 14.4 Å². The van der Waals surface area contributed by atoms with E-state index in [1.807, 2.05) is 0 Å². The number of ether oxygens (including phenoxy) is 3. The van der Waals surface area contributed by atoms with Gasteiger partial charge in [-0.15, -0.1) is 0 Å². The number of allylic oxidation sites excluding steroid dienone is 2. The van der Waals surface area contributed by atoms with Crippen molar-refractivity contribution >= 4 is 17.9 Å². The highest BCUT2D eigenvalue weighted by molar-refractivity contribution is 5.71. The summed E-state index contributed by atoms with van der Waals surface area (Å²) in [6.45, 7) is 6.72. The third-order valence-corrected chi connectivity index (χ3v) is 16.3. The van der Waals surface area contributed by atoms with Crippen LogP contribution in [0.1, 0.15) is 406 Å². The van der Waals surface area contributed by atoms with Crippen molar-refractivity contribution in [2.45, 2.75) is 412 Å². The van der Waals surface area contributed by atoms with Gasteiger partial charge in [-0.05, 0) is 44.9 Å². The molecule has 0 radical (unpaired) electrons. The van der Waals surface area contributed by atoms with E-state index in [0.717, 1.165) is 57.8 Å². The number of rotatable bonds is 66. The first-order valence-electron chi connectivity index (χ1n) is 35.2. The molecule has 0 aliphatic rings. The Morgan fingerprint density at radius 1 is 0.247 bits per heavy atom. The molecule has 77 heavy (non-hydrogen) atoms. The summed E-state index contributed by atoms with van der Waals surface area (Å²) in [4.78, 5) is 38.4. The summed E-state index contributed by atoms with van der Waals surface area (Å²) in [5.74, 6) is -0.835. The molecular formula is C71H136O6. The molecule has 0 spiro atoms. The number of carbonyl (C=O) groups excluding carboxylic acids is 3. The summed E-state index contributed by atoms with van der Waals surface area (Å²) in [5, 5.41) is 0. The first-order valence-corrected chi connectivity index (χ1v) is 35.2. The quantitative estimate of drug-likeness (QED) is 0.0261. The Bertz CT molecular complexity index is 1200. The van der Waals surface area contributed by atoms with Gasteiger partial charge in [0.2, 0.25) is 0 Å². The van der Waals surface area contributed by atoms with Crippen LogP contribution in [0.2, 0.25) is 0 Å². The van der Waals surface area contributed by atoms with Crippen molar-refractivity contribution in [3.8, 4) is 0 Å². The molecule has 0 N–H and O–H groups in total. The Kier molecular flexibility index (Phi) is 65.1. The average molecular weight is 1090 g/mol. The number of hydrogen-bond acceptors (Lipinski definition) is 6. The fourth-order valence-electron chi connectivity index (χ4n) is 11.0. The summed E-state index contributed by atoms with van der Waals surface area (Å²) in [6, 6.07) is 0. The van der Waals surface area contributed by atoms with Crippen LogP contribution in [0.4, 0.5) is 0 Å². The van der Waals surface area contributed by atoms with Crippen LogP contribution in [0.15, 0.2) is 12.2 Å². The van der Waals surface area contributed by atoms with Crippen molar-refractivity contribution in [1.29, 1.82) is 0 Å².